The van der Waals surface area contributed by atoms with E-state index >= 15 is 0 Å². The number of imide groups is 1. The van der Waals surface area contributed by atoms with Crippen LogP contribution >= 0.6 is 0 Å². The smallest absolute Gasteiger partial charge is 0.257 e. The summed E-state index contributed by atoms with van der Waals surface area (Å²) in [6, 6.07) is 11.8. The van der Waals surface area contributed by atoms with Gasteiger partial charge in [0.25, 0.3) is 5.91 Å². The van der Waals surface area contributed by atoms with Crippen molar-refractivity contribution in [1.29, 1.82) is 0 Å². The molecule has 1 atom stereocenters. The monoisotopic (exact) mass is 405 g/mol. The zero-order valence-electron chi connectivity index (χ0n) is 17.8. The van der Waals surface area contributed by atoms with Crippen molar-refractivity contribution in [3.05, 3.63) is 60.4 Å². The molecule has 0 spiro atoms. The molecule has 1 aromatic heterocycles. The van der Waals surface area contributed by atoms with Crippen LogP contribution in [-0.2, 0) is 20.9 Å². The second-order valence-electron chi connectivity index (χ2n) is 9.33. The first-order chi connectivity index (χ1) is 14.2. The zero-order chi connectivity index (χ0) is 21.7. The lowest BCUT2D eigenvalue weighted by atomic mass is 10.0. The average Bonchev–Trinajstić information content (AvgIpc) is 2.96. The number of aromatic nitrogens is 1. The maximum absolute atomic E-state index is 13.6. The number of carbonyl (C=O) groups is 3. The molecule has 0 bridgehead atoms. The molecule has 1 aliphatic heterocycles. The minimum atomic E-state index is -0.808. The Balaban J connectivity index is 1.67. The quantitative estimate of drug-likeness (QED) is 0.715. The van der Waals surface area contributed by atoms with Crippen molar-refractivity contribution < 1.29 is 14.4 Å². The first-order valence-corrected chi connectivity index (χ1v) is 10.3. The molecule has 1 aliphatic carbocycles. The van der Waals surface area contributed by atoms with Crippen molar-refractivity contribution in [2.24, 2.45) is 16.7 Å². The highest BCUT2D eigenvalue weighted by molar-refractivity contribution is 6.23. The van der Waals surface area contributed by atoms with Crippen molar-refractivity contribution in [2.45, 2.75) is 46.7 Å². The number of anilines is 1. The van der Waals surface area contributed by atoms with E-state index in [4.69, 9.17) is 0 Å². The number of carbonyl (C=O) groups excluding carboxylic acids is 3. The first kappa shape index (κ1) is 20.3. The lowest BCUT2D eigenvalue weighted by Gasteiger charge is -2.28. The number of pyridine rings is 1. The highest BCUT2D eigenvalue weighted by Crippen LogP contribution is 2.69. The standard InChI is InChI=1S/C24H27N3O3/c1-23(2)20(24(23,3)4)22(30)26(15-16-9-8-12-25-14-16)18-13-19(28)27(21(18)29)17-10-6-5-7-11-17/h5-12,14,18,20H,13,15H2,1-4H3. The van der Waals surface area contributed by atoms with Crippen LogP contribution in [0.3, 0.4) is 0 Å². The molecule has 2 aromatic rings. The van der Waals surface area contributed by atoms with Gasteiger partial charge in [-0.2, -0.15) is 0 Å². The fourth-order valence-corrected chi connectivity index (χ4v) is 4.72. The van der Waals surface area contributed by atoms with Crippen molar-refractivity contribution >= 4 is 23.4 Å². The topological polar surface area (TPSA) is 70.6 Å². The maximum atomic E-state index is 13.6. The number of amides is 3. The van der Waals surface area contributed by atoms with E-state index in [0.717, 1.165) is 5.56 Å². The summed E-state index contributed by atoms with van der Waals surface area (Å²) in [7, 11) is 0. The molecule has 1 unspecified atom stereocenters. The molecular formula is C24H27N3O3. The van der Waals surface area contributed by atoms with Crippen molar-refractivity contribution in [3.63, 3.8) is 0 Å². The normalized spacial score (nSPS) is 22.3. The Bertz CT molecular complexity index is 971. The third kappa shape index (κ3) is 3.11. The van der Waals surface area contributed by atoms with Gasteiger partial charge in [-0.05, 0) is 34.6 Å². The Kier molecular flexibility index (Phi) is 4.76. The number of hydrogen-bond donors (Lipinski definition) is 0. The summed E-state index contributed by atoms with van der Waals surface area (Å²) < 4.78 is 0. The molecule has 2 aliphatic rings. The highest BCUT2D eigenvalue weighted by atomic mass is 16.2. The molecular weight excluding hydrogens is 378 g/mol. The van der Waals surface area contributed by atoms with E-state index in [0.29, 0.717) is 5.69 Å². The Labute approximate surface area is 176 Å². The molecule has 1 aromatic carbocycles. The van der Waals surface area contributed by atoms with Gasteiger partial charge >= 0.3 is 0 Å². The summed E-state index contributed by atoms with van der Waals surface area (Å²) in [4.78, 5) is 46.7. The van der Waals surface area contributed by atoms with Gasteiger partial charge < -0.3 is 4.90 Å². The van der Waals surface area contributed by atoms with Gasteiger partial charge in [0.05, 0.1) is 12.1 Å². The Morgan fingerprint density at radius 2 is 1.73 bits per heavy atom. The molecule has 156 valence electrons. The summed E-state index contributed by atoms with van der Waals surface area (Å²) in [5, 5.41) is 0. The SMILES string of the molecule is CC1(C)C(C(=O)N(Cc2cccnc2)C2CC(=O)N(c3ccccc3)C2=O)C1(C)C. The number of rotatable bonds is 5. The molecule has 2 heterocycles. The van der Waals surface area contributed by atoms with Crippen LogP contribution in [0.1, 0.15) is 39.7 Å². The number of hydrogen-bond acceptors (Lipinski definition) is 4. The molecule has 3 amide bonds. The van der Waals surface area contributed by atoms with Crippen LogP contribution in [0.2, 0.25) is 0 Å². The summed E-state index contributed by atoms with van der Waals surface area (Å²) in [5.41, 5.74) is 1.04. The van der Waals surface area contributed by atoms with E-state index in [1.165, 1.54) is 4.90 Å². The van der Waals surface area contributed by atoms with Crippen LogP contribution in [-0.4, -0.2) is 33.6 Å². The molecule has 1 saturated heterocycles. The van der Waals surface area contributed by atoms with E-state index in [2.05, 4.69) is 32.7 Å². The first-order valence-electron chi connectivity index (χ1n) is 10.3. The van der Waals surface area contributed by atoms with E-state index in [1.807, 2.05) is 12.1 Å². The van der Waals surface area contributed by atoms with Gasteiger partial charge in [0.1, 0.15) is 6.04 Å². The van der Waals surface area contributed by atoms with E-state index in [-0.39, 0.29) is 47.4 Å². The predicted octanol–water partition coefficient (Wildman–Crippen LogP) is 3.42. The lowest BCUT2D eigenvalue weighted by molar-refractivity contribution is -0.141. The van der Waals surface area contributed by atoms with Gasteiger partial charge in [-0.3, -0.25) is 19.4 Å². The van der Waals surface area contributed by atoms with Crippen molar-refractivity contribution in [3.8, 4) is 0 Å². The van der Waals surface area contributed by atoms with Gasteiger partial charge in [0.2, 0.25) is 11.8 Å². The largest absolute Gasteiger partial charge is 0.325 e. The minimum Gasteiger partial charge on any atom is -0.325 e. The molecule has 0 N–H and O–H groups in total. The maximum Gasteiger partial charge on any atom is 0.257 e. The van der Waals surface area contributed by atoms with Crippen LogP contribution in [0.25, 0.3) is 0 Å². The van der Waals surface area contributed by atoms with Gasteiger partial charge in [0, 0.05) is 24.9 Å². The number of nitrogens with zero attached hydrogens (tertiary/aromatic N) is 3. The van der Waals surface area contributed by atoms with Gasteiger partial charge in [-0.1, -0.05) is 52.0 Å². The van der Waals surface area contributed by atoms with E-state index < -0.39 is 6.04 Å². The van der Waals surface area contributed by atoms with Gasteiger partial charge in [-0.15, -0.1) is 0 Å². The molecule has 4 rings (SSSR count). The zero-order valence-corrected chi connectivity index (χ0v) is 17.8. The van der Waals surface area contributed by atoms with Crippen molar-refractivity contribution in [1.82, 2.24) is 9.88 Å². The third-order valence-electron chi connectivity index (χ3n) is 7.14. The lowest BCUT2D eigenvalue weighted by Crippen LogP contribution is -2.46. The third-order valence-corrected chi connectivity index (χ3v) is 7.14. The van der Waals surface area contributed by atoms with Crippen LogP contribution in [0.15, 0.2) is 54.9 Å². The molecule has 0 radical (unpaired) electrons. The summed E-state index contributed by atoms with van der Waals surface area (Å²) in [6.07, 6.45) is 3.36. The summed E-state index contributed by atoms with van der Waals surface area (Å²) in [5.74, 6) is -0.903. The molecule has 6 heteroatoms. The van der Waals surface area contributed by atoms with Crippen LogP contribution in [0.4, 0.5) is 5.69 Å². The molecule has 6 nitrogen and oxygen atoms in total. The predicted molar refractivity (Wildman–Crippen MR) is 113 cm³/mol. The molecule has 30 heavy (non-hydrogen) atoms. The summed E-state index contributed by atoms with van der Waals surface area (Å²) in [6.45, 7) is 8.57. The second kappa shape index (κ2) is 7.04. The van der Waals surface area contributed by atoms with Crippen molar-refractivity contribution in [2.75, 3.05) is 4.90 Å². The highest BCUT2D eigenvalue weighted by Gasteiger charge is 2.69. The van der Waals surface area contributed by atoms with Gasteiger partial charge in [-0.25, -0.2) is 4.90 Å². The fourth-order valence-electron chi connectivity index (χ4n) is 4.72. The van der Waals surface area contributed by atoms with Gasteiger partial charge in [0.15, 0.2) is 0 Å². The van der Waals surface area contributed by atoms with Crippen LogP contribution < -0.4 is 4.90 Å². The second-order valence-corrected chi connectivity index (χ2v) is 9.33. The van der Waals surface area contributed by atoms with E-state index in [1.54, 1.807) is 47.6 Å². The number of benzene rings is 1. The summed E-state index contributed by atoms with van der Waals surface area (Å²) >= 11 is 0. The van der Waals surface area contributed by atoms with Crippen LogP contribution in [0, 0.1) is 16.7 Å². The fraction of sp³-hybridized carbons (Fsp3) is 0.417. The number of para-hydroxylation sites is 1. The Hall–Kier alpha value is -3.02. The minimum absolute atomic E-state index is 0.00664. The average molecular weight is 405 g/mol. The van der Waals surface area contributed by atoms with Crippen LogP contribution in [0.5, 0.6) is 0 Å². The molecule has 1 saturated carbocycles. The Morgan fingerprint density at radius 3 is 2.30 bits per heavy atom. The molecule has 2 fully saturated rings. The Morgan fingerprint density at radius 1 is 1.07 bits per heavy atom. The van der Waals surface area contributed by atoms with E-state index in [9.17, 15) is 14.4 Å².